The molecule has 1 unspecified atom stereocenters. The van der Waals surface area contributed by atoms with Crippen molar-refractivity contribution in [3.63, 3.8) is 0 Å². The van der Waals surface area contributed by atoms with Crippen LogP contribution in [0.3, 0.4) is 0 Å². The van der Waals surface area contributed by atoms with Crippen molar-refractivity contribution in [1.29, 1.82) is 0 Å². The number of carbonyl (C=O) groups is 3. The molecule has 1 atom stereocenters. The summed E-state index contributed by atoms with van der Waals surface area (Å²) in [5, 5.41) is 8.77. The standard InChI is InChI=1S/C19H21ClN4O3/c1-13(25)21-15-7-9-17(10-8-15)23-19(27)12-24(2)11-18(26)22-16-5-3-14(20)4-6-16/h3-10H,11-12H2,1-2H3,(H,21,25)(H,22,26)(H,23,27)/p+1. The zero-order valence-electron chi connectivity index (χ0n) is 15.1. The first-order valence-electron chi connectivity index (χ1n) is 8.36. The van der Waals surface area contributed by atoms with Crippen molar-refractivity contribution < 1.29 is 19.3 Å². The Labute approximate surface area is 162 Å². The van der Waals surface area contributed by atoms with Gasteiger partial charge >= 0.3 is 0 Å². The van der Waals surface area contributed by atoms with Gasteiger partial charge < -0.3 is 20.9 Å². The van der Waals surface area contributed by atoms with Crippen molar-refractivity contribution >= 4 is 46.4 Å². The van der Waals surface area contributed by atoms with E-state index >= 15 is 0 Å². The highest BCUT2D eigenvalue weighted by molar-refractivity contribution is 6.30. The van der Waals surface area contributed by atoms with E-state index in [9.17, 15) is 14.4 Å². The minimum absolute atomic E-state index is 0.140. The van der Waals surface area contributed by atoms with Gasteiger partial charge in [-0.2, -0.15) is 0 Å². The largest absolute Gasteiger partial charge is 0.326 e. The molecule has 3 amide bonds. The van der Waals surface area contributed by atoms with Crippen LogP contribution in [0, 0.1) is 0 Å². The number of hydrogen-bond acceptors (Lipinski definition) is 3. The van der Waals surface area contributed by atoms with Crippen LogP contribution in [0.4, 0.5) is 17.1 Å². The normalized spacial score (nSPS) is 11.4. The highest BCUT2D eigenvalue weighted by Gasteiger charge is 2.14. The molecule has 0 aliphatic rings. The lowest BCUT2D eigenvalue weighted by atomic mass is 10.2. The van der Waals surface area contributed by atoms with Gasteiger partial charge in [0.2, 0.25) is 5.91 Å². The Morgan fingerprint density at radius 2 is 1.15 bits per heavy atom. The van der Waals surface area contributed by atoms with Gasteiger partial charge in [-0.3, -0.25) is 14.4 Å². The van der Waals surface area contributed by atoms with Crippen LogP contribution < -0.4 is 20.9 Å². The first-order chi connectivity index (χ1) is 12.8. The summed E-state index contributed by atoms with van der Waals surface area (Å²) in [5.74, 6) is -0.560. The van der Waals surface area contributed by atoms with Crippen LogP contribution in [0.1, 0.15) is 6.92 Å². The SMILES string of the molecule is CC(=O)Nc1ccc(NC(=O)C[NH+](C)CC(=O)Nc2ccc(Cl)cc2)cc1. The summed E-state index contributed by atoms with van der Waals surface area (Å²) in [7, 11) is 1.76. The summed E-state index contributed by atoms with van der Waals surface area (Å²) in [5.41, 5.74) is 1.93. The molecule has 0 radical (unpaired) electrons. The van der Waals surface area contributed by atoms with Gasteiger partial charge in [-0.05, 0) is 48.5 Å². The molecule has 8 heteroatoms. The molecule has 4 N–H and O–H groups in total. The number of likely N-dealkylation sites (N-methyl/N-ethyl adjacent to an activating group) is 1. The number of anilines is 3. The summed E-state index contributed by atoms with van der Waals surface area (Å²) in [4.78, 5) is 35.9. The second kappa shape index (κ2) is 9.70. The van der Waals surface area contributed by atoms with Gasteiger partial charge in [0.15, 0.2) is 13.1 Å². The van der Waals surface area contributed by atoms with Gasteiger partial charge in [0.1, 0.15) is 0 Å². The average Bonchev–Trinajstić information content (AvgIpc) is 2.58. The molecule has 0 saturated heterocycles. The molecule has 0 bridgehead atoms. The van der Waals surface area contributed by atoms with Gasteiger partial charge in [-0.25, -0.2) is 0 Å². The number of rotatable bonds is 7. The molecular weight excluding hydrogens is 368 g/mol. The highest BCUT2D eigenvalue weighted by Crippen LogP contribution is 2.14. The molecule has 0 saturated carbocycles. The molecule has 0 aliphatic carbocycles. The smallest absolute Gasteiger partial charge is 0.279 e. The monoisotopic (exact) mass is 389 g/mol. The molecule has 2 rings (SSSR count). The minimum Gasteiger partial charge on any atom is -0.326 e. The topological polar surface area (TPSA) is 91.7 Å². The van der Waals surface area contributed by atoms with E-state index in [0.29, 0.717) is 22.1 Å². The maximum absolute atomic E-state index is 12.1. The van der Waals surface area contributed by atoms with E-state index in [-0.39, 0.29) is 30.8 Å². The van der Waals surface area contributed by atoms with E-state index in [1.807, 2.05) is 0 Å². The predicted molar refractivity (Wildman–Crippen MR) is 106 cm³/mol. The Morgan fingerprint density at radius 1 is 0.778 bits per heavy atom. The van der Waals surface area contributed by atoms with Gasteiger partial charge in [0, 0.05) is 29.0 Å². The Hall–Kier alpha value is -2.90. The third kappa shape index (κ3) is 7.47. The zero-order valence-corrected chi connectivity index (χ0v) is 15.9. The Morgan fingerprint density at radius 3 is 1.56 bits per heavy atom. The maximum Gasteiger partial charge on any atom is 0.279 e. The van der Waals surface area contributed by atoms with Gasteiger partial charge in [0.25, 0.3) is 11.8 Å². The molecule has 2 aromatic rings. The summed E-state index contributed by atoms with van der Waals surface area (Å²) in [6.45, 7) is 1.72. The number of amides is 3. The van der Waals surface area contributed by atoms with Crippen LogP contribution in [0.2, 0.25) is 5.02 Å². The first-order valence-corrected chi connectivity index (χ1v) is 8.74. The Balaban J connectivity index is 1.78. The van der Waals surface area contributed by atoms with Crippen LogP contribution in [-0.2, 0) is 14.4 Å². The van der Waals surface area contributed by atoms with Crippen molar-refractivity contribution in [2.45, 2.75) is 6.92 Å². The van der Waals surface area contributed by atoms with E-state index < -0.39 is 0 Å². The van der Waals surface area contributed by atoms with Gasteiger partial charge in [0.05, 0.1) is 7.05 Å². The van der Waals surface area contributed by atoms with Crippen molar-refractivity contribution in [3.05, 3.63) is 53.6 Å². The lowest BCUT2D eigenvalue weighted by Crippen LogP contribution is -3.11. The molecule has 0 fully saturated rings. The molecule has 0 heterocycles. The fourth-order valence-corrected chi connectivity index (χ4v) is 2.52. The molecule has 27 heavy (non-hydrogen) atoms. The lowest BCUT2D eigenvalue weighted by molar-refractivity contribution is -0.862. The third-order valence-electron chi connectivity index (χ3n) is 3.54. The fraction of sp³-hybridized carbons (Fsp3) is 0.211. The second-order valence-corrected chi connectivity index (χ2v) is 6.61. The van der Waals surface area contributed by atoms with Crippen molar-refractivity contribution in [1.82, 2.24) is 0 Å². The van der Waals surface area contributed by atoms with E-state index in [1.165, 1.54) is 6.92 Å². The number of quaternary nitrogens is 1. The van der Waals surface area contributed by atoms with E-state index in [0.717, 1.165) is 4.90 Å². The quantitative estimate of drug-likeness (QED) is 0.576. The van der Waals surface area contributed by atoms with Crippen LogP contribution in [-0.4, -0.2) is 37.9 Å². The second-order valence-electron chi connectivity index (χ2n) is 6.17. The molecule has 7 nitrogen and oxygen atoms in total. The summed E-state index contributed by atoms with van der Waals surface area (Å²) >= 11 is 5.81. The molecular formula is C19H22ClN4O3+. The Bertz CT molecular complexity index is 807. The maximum atomic E-state index is 12.1. The number of hydrogen-bond donors (Lipinski definition) is 4. The summed E-state index contributed by atoms with van der Waals surface area (Å²) < 4.78 is 0. The molecule has 142 valence electrons. The Kier molecular flexibility index (Phi) is 7.34. The molecule has 0 aromatic heterocycles. The summed E-state index contributed by atoms with van der Waals surface area (Å²) in [6.07, 6.45) is 0. The third-order valence-corrected chi connectivity index (χ3v) is 3.79. The van der Waals surface area contributed by atoms with Crippen LogP contribution in [0.15, 0.2) is 48.5 Å². The number of benzene rings is 2. The van der Waals surface area contributed by atoms with E-state index in [2.05, 4.69) is 16.0 Å². The van der Waals surface area contributed by atoms with Crippen LogP contribution in [0.25, 0.3) is 0 Å². The fourth-order valence-electron chi connectivity index (χ4n) is 2.39. The van der Waals surface area contributed by atoms with Gasteiger partial charge in [-0.1, -0.05) is 11.6 Å². The van der Waals surface area contributed by atoms with Crippen LogP contribution in [0.5, 0.6) is 0 Å². The number of carbonyl (C=O) groups excluding carboxylic acids is 3. The van der Waals surface area contributed by atoms with Crippen LogP contribution >= 0.6 is 11.6 Å². The van der Waals surface area contributed by atoms with Crippen molar-refractivity contribution in [2.75, 3.05) is 36.1 Å². The van der Waals surface area contributed by atoms with Gasteiger partial charge in [-0.15, -0.1) is 0 Å². The lowest BCUT2D eigenvalue weighted by Gasteiger charge is -2.14. The first kappa shape index (κ1) is 20.4. The summed E-state index contributed by atoms with van der Waals surface area (Å²) in [6, 6.07) is 13.6. The minimum atomic E-state index is -0.209. The molecule has 2 aromatic carbocycles. The van der Waals surface area contributed by atoms with Crippen molar-refractivity contribution in [2.24, 2.45) is 0 Å². The predicted octanol–water partition coefficient (Wildman–Crippen LogP) is 1.39. The van der Waals surface area contributed by atoms with E-state index in [4.69, 9.17) is 11.6 Å². The number of halogens is 1. The highest BCUT2D eigenvalue weighted by atomic mass is 35.5. The van der Waals surface area contributed by atoms with E-state index in [1.54, 1.807) is 55.6 Å². The number of nitrogens with one attached hydrogen (secondary N) is 4. The molecule has 0 aliphatic heterocycles. The zero-order chi connectivity index (χ0) is 19.8. The van der Waals surface area contributed by atoms with Crippen molar-refractivity contribution in [3.8, 4) is 0 Å². The average molecular weight is 390 g/mol. The molecule has 0 spiro atoms.